The second kappa shape index (κ2) is 9.94. The van der Waals surface area contributed by atoms with Crippen LogP contribution < -0.4 is 10.5 Å². The molecule has 0 fully saturated rings. The molecule has 0 bridgehead atoms. The van der Waals surface area contributed by atoms with Crippen LogP contribution in [0.15, 0.2) is 66.7 Å². The molecule has 4 rings (SSSR count). The molecule has 39 heavy (non-hydrogen) atoms. The molecule has 0 radical (unpaired) electrons. The quantitative estimate of drug-likeness (QED) is 0.316. The first-order valence-corrected chi connectivity index (χ1v) is 12.4. The lowest BCUT2D eigenvalue weighted by Gasteiger charge is -2.38. The number of rotatable bonds is 5. The van der Waals surface area contributed by atoms with E-state index in [0.29, 0.717) is 22.4 Å². The van der Waals surface area contributed by atoms with Crippen molar-refractivity contribution in [1.29, 1.82) is 0 Å². The normalized spacial score (nSPS) is 17.9. The Morgan fingerprint density at radius 1 is 0.974 bits per heavy atom. The standard InChI is InChI=1S/C30H31F3N2O4/c1-28(2,3)39-27(37)29(4)22-13-12-21(38-5)15-20(22)17-35(29)26(36)25(18-9-7-6-8-10-18)19-11-14-24(34)23(16-19)30(31,32)33/h6-16,25H,17,34H2,1-5H3. The highest BCUT2D eigenvalue weighted by Crippen LogP contribution is 2.45. The number of ether oxygens (including phenoxy) is 2. The number of esters is 1. The molecule has 206 valence electrons. The van der Waals surface area contributed by atoms with Crippen LogP contribution in [0.1, 0.15) is 61.4 Å². The highest BCUT2D eigenvalue weighted by molar-refractivity contribution is 5.95. The summed E-state index contributed by atoms with van der Waals surface area (Å²) >= 11 is 0. The van der Waals surface area contributed by atoms with E-state index in [0.717, 1.165) is 12.1 Å². The molecule has 0 aliphatic carbocycles. The zero-order chi connectivity index (χ0) is 28.8. The van der Waals surface area contributed by atoms with E-state index in [1.165, 1.54) is 18.1 Å². The Bertz CT molecular complexity index is 1400. The highest BCUT2D eigenvalue weighted by Gasteiger charge is 2.53. The molecule has 9 heteroatoms. The molecule has 2 atom stereocenters. The summed E-state index contributed by atoms with van der Waals surface area (Å²) in [7, 11) is 1.51. The Morgan fingerprint density at radius 2 is 1.64 bits per heavy atom. The second-order valence-corrected chi connectivity index (χ2v) is 10.7. The Morgan fingerprint density at radius 3 is 2.23 bits per heavy atom. The van der Waals surface area contributed by atoms with Gasteiger partial charge in [0.2, 0.25) is 5.91 Å². The van der Waals surface area contributed by atoms with Crippen molar-refractivity contribution in [1.82, 2.24) is 4.90 Å². The van der Waals surface area contributed by atoms with Crippen LogP contribution in [0.25, 0.3) is 0 Å². The maximum atomic E-state index is 14.5. The van der Waals surface area contributed by atoms with Gasteiger partial charge in [-0.1, -0.05) is 42.5 Å². The summed E-state index contributed by atoms with van der Waals surface area (Å²) in [5.74, 6) is -1.80. The summed E-state index contributed by atoms with van der Waals surface area (Å²) in [6.07, 6.45) is -4.71. The number of amides is 1. The Balaban J connectivity index is 1.89. The average molecular weight is 541 g/mol. The first-order chi connectivity index (χ1) is 18.2. The smallest absolute Gasteiger partial charge is 0.418 e. The van der Waals surface area contributed by atoms with Crippen LogP contribution in [0.3, 0.4) is 0 Å². The Labute approximate surface area is 225 Å². The van der Waals surface area contributed by atoms with Crippen molar-refractivity contribution in [3.8, 4) is 5.75 Å². The van der Waals surface area contributed by atoms with Gasteiger partial charge in [0, 0.05) is 12.2 Å². The summed E-state index contributed by atoms with van der Waals surface area (Å²) in [6.45, 7) is 6.81. The molecule has 2 unspecified atom stereocenters. The topological polar surface area (TPSA) is 81.9 Å². The van der Waals surface area contributed by atoms with E-state index in [4.69, 9.17) is 15.2 Å². The van der Waals surface area contributed by atoms with Crippen molar-refractivity contribution < 1.29 is 32.2 Å². The average Bonchev–Trinajstić information content (AvgIpc) is 3.17. The van der Waals surface area contributed by atoms with Crippen LogP contribution in [0.5, 0.6) is 5.75 Å². The Kier molecular flexibility index (Phi) is 7.14. The maximum Gasteiger partial charge on any atom is 0.418 e. The molecule has 1 aliphatic rings. The van der Waals surface area contributed by atoms with Crippen molar-refractivity contribution in [3.05, 3.63) is 94.5 Å². The largest absolute Gasteiger partial charge is 0.497 e. The van der Waals surface area contributed by atoms with Crippen molar-refractivity contribution >= 4 is 17.6 Å². The fraction of sp³-hybridized carbons (Fsp3) is 0.333. The molecule has 1 heterocycles. The molecular weight excluding hydrogens is 509 g/mol. The number of halogens is 3. The number of nitrogens with zero attached hydrogens (tertiary/aromatic N) is 1. The molecule has 3 aromatic carbocycles. The van der Waals surface area contributed by atoms with Crippen LogP contribution in [0, 0.1) is 0 Å². The van der Waals surface area contributed by atoms with E-state index in [9.17, 15) is 22.8 Å². The van der Waals surface area contributed by atoms with Crippen molar-refractivity contribution in [2.45, 2.75) is 57.5 Å². The van der Waals surface area contributed by atoms with Crippen LogP contribution in [0.4, 0.5) is 18.9 Å². The number of hydrogen-bond donors (Lipinski definition) is 1. The number of carbonyl (C=O) groups is 2. The number of benzene rings is 3. The van der Waals surface area contributed by atoms with Gasteiger partial charge in [-0.15, -0.1) is 0 Å². The molecule has 0 saturated heterocycles. The number of methoxy groups -OCH3 is 1. The van der Waals surface area contributed by atoms with Gasteiger partial charge < -0.3 is 20.1 Å². The fourth-order valence-corrected chi connectivity index (χ4v) is 4.95. The van der Waals surface area contributed by atoms with Crippen molar-refractivity contribution in [3.63, 3.8) is 0 Å². The van der Waals surface area contributed by atoms with E-state index in [2.05, 4.69) is 0 Å². The van der Waals surface area contributed by atoms with Gasteiger partial charge in [-0.25, -0.2) is 4.79 Å². The number of fused-ring (bicyclic) bond motifs is 1. The van der Waals surface area contributed by atoms with Gasteiger partial charge in [-0.3, -0.25) is 4.79 Å². The van der Waals surface area contributed by atoms with E-state index < -0.39 is 46.4 Å². The number of carbonyl (C=O) groups excluding carboxylic acids is 2. The minimum Gasteiger partial charge on any atom is -0.497 e. The lowest BCUT2D eigenvalue weighted by Crippen LogP contribution is -2.52. The lowest BCUT2D eigenvalue weighted by atomic mass is 9.86. The summed E-state index contributed by atoms with van der Waals surface area (Å²) in [6, 6.07) is 17.1. The molecular formula is C30H31F3N2O4. The predicted molar refractivity (Wildman–Crippen MR) is 141 cm³/mol. The predicted octanol–water partition coefficient (Wildman–Crippen LogP) is 6.03. The zero-order valence-electron chi connectivity index (χ0n) is 22.4. The molecule has 0 spiro atoms. The maximum absolute atomic E-state index is 14.5. The van der Waals surface area contributed by atoms with Crippen molar-refractivity contribution in [2.24, 2.45) is 0 Å². The second-order valence-electron chi connectivity index (χ2n) is 10.7. The van der Waals surface area contributed by atoms with Crippen LogP contribution in [-0.2, 0) is 32.6 Å². The summed E-state index contributed by atoms with van der Waals surface area (Å²) in [5.41, 5.74) is 3.61. The molecule has 1 amide bonds. The first-order valence-electron chi connectivity index (χ1n) is 12.4. The SMILES string of the molecule is COc1ccc2c(c1)CN(C(=O)C(c1ccccc1)c1ccc(N)c(C(F)(F)F)c1)C2(C)C(=O)OC(C)(C)C. The van der Waals surface area contributed by atoms with Gasteiger partial charge in [0.25, 0.3) is 0 Å². The molecule has 2 N–H and O–H groups in total. The highest BCUT2D eigenvalue weighted by atomic mass is 19.4. The third-order valence-corrected chi connectivity index (χ3v) is 6.86. The molecule has 3 aromatic rings. The summed E-state index contributed by atoms with van der Waals surface area (Å²) < 4.78 is 52.5. The number of nitrogens with two attached hydrogens (primary N) is 1. The lowest BCUT2D eigenvalue weighted by molar-refractivity contribution is -0.173. The summed E-state index contributed by atoms with van der Waals surface area (Å²) in [5, 5.41) is 0. The minimum absolute atomic E-state index is 0.0333. The number of hydrogen-bond acceptors (Lipinski definition) is 5. The third-order valence-electron chi connectivity index (χ3n) is 6.86. The third kappa shape index (κ3) is 5.30. The van der Waals surface area contributed by atoms with Crippen molar-refractivity contribution in [2.75, 3.05) is 12.8 Å². The Hall–Kier alpha value is -4.01. The van der Waals surface area contributed by atoms with Crippen LogP contribution in [-0.4, -0.2) is 29.5 Å². The van der Waals surface area contributed by atoms with Gasteiger partial charge >= 0.3 is 12.1 Å². The summed E-state index contributed by atoms with van der Waals surface area (Å²) in [4.78, 5) is 29.6. The van der Waals surface area contributed by atoms with Gasteiger partial charge in [-0.05, 0) is 74.2 Å². The van der Waals surface area contributed by atoms with E-state index >= 15 is 0 Å². The molecule has 1 aliphatic heterocycles. The van der Waals surface area contributed by atoms with E-state index in [1.807, 2.05) is 0 Å². The zero-order valence-corrected chi connectivity index (χ0v) is 22.4. The van der Waals surface area contributed by atoms with Crippen LogP contribution in [0.2, 0.25) is 0 Å². The van der Waals surface area contributed by atoms with Gasteiger partial charge in [0.1, 0.15) is 11.4 Å². The number of anilines is 1. The monoisotopic (exact) mass is 540 g/mol. The van der Waals surface area contributed by atoms with E-state index in [-0.39, 0.29) is 12.1 Å². The number of alkyl halides is 3. The molecule has 0 aromatic heterocycles. The first kappa shape index (κ1) is 28.0. The fourth-order valence-electron chi connectivity index (χ4n) is 4.95. The van der Waals surface area contributed by atoms with Crippen LogP contribution >= 0.6 is 0 Å². The minimum atomic E-state index is -4.71. The van der Waals surface area contributed by atoms with E-state index in [1.54, 1.807) is 76.2 Å². The van der Waals surface area contributed by atoms with Gasteiger partial charge in [-0.2, -0.15) is 13.2 Å². The van der Waals surface area contributed by atoms with Gasteiger partial charge in [0.05, 0.1) is 18.6 Å². The molecule has 6 nitrogen and oxygen atoms in total. The molecule has 0 saturated carbocycles. The number of nitrogen functional groups attached to an aromatic ring is 1. The van der Waals surface area contributed by atoms with Gasteiger partial charge in [0.15, 0.2) is 5.54 Å².